The summed E-state index contributed by atoms with van der Waals surface area (Å²) >= 11 is 0. The van der Waals surface area contributed by atoms with Gasteiger partial charge in [0.25, 0.3) is 0 Å². The van der Waals surface area contributed by atoms with Crippen LogP contribution in [0.1, 0.15) is 24.8 Å². The molecule has 0 aliphatic carbocycles. The minimum Gasteiger partial charge on any atom is -0.382 e. The lowest BCUT2D eigenvalue weighted by Gasteiger charge is -2.36. The van der Waals surface area contributed by atoms with Gasteiger partial charge in [-0.05, 0) is 30.5 Å². The second kappa shape index (κ2) is 4.80. The smallest absolute Gasteiger partial charge is 0.382 e. The monoisotopic (exact) mass is 258 g/mol. The minimum atomic E-state index is -4.20. The van der Waals surface area contributed by atoms with E-state index >= 15 is 0 Å². The van der Waals surface area contributed by atoms with E-state index in [0.29, 0.717) is 17.8 Å². The Kier molecular flexibility index (Phi) is 3.52. The average Bonchev–Trinajstić information content (AvgIpc) is 2.35. The van der Waals surface area contributed by atoms with Gasteiger partial charge in [-0.25, -0.2) is 0 Å². The zero-order valence-electron chi connectivity index (χ0n) is 10.2. The average molecular weight is 258 g/mol. The number of nitrogens with one attached hydrogen (secondary N) is 1. The number of anilines is 1. The van der Waals surface area contributed by atoms with Gasteiger partial charge in [-0.2, -0.15) is 13.2 Å². The normalized spacial score (nSPS) is 25.2. The van der Waals surface area contributed by atoms with Gasteiger partial charge >= 0.3 is 6.18 Å². The quantitative estimate of drug-likeness (QED) is 0.855. The molecule has 3 atom stereocenters. The Bertz CT molecular complexity index is 417. The van der Waals surface area contributed by atoms with Crippen LogP contribution in [0.5, 0.6) is 0 Å². The predicted molar refractivity (Wildman–Crippen MR) is 65.5 cm³/mol. The maximum Gasteiger partial charge on any atom is 0.395 e. The molecule has 3 unspecified atom stereocenters. The first kappa shape index (κ1) is 13.2. The zero-order chi connectivity index (χ0) is 13.3. The molecule has 0 bridgehead atoms. The third-order valence-electron chi connectivity index (χ3n) is 3.62. The first-order chi connectivity index (χ1) is 8.43. The Morgan fingerprint density at radius 3 is 2.67 bits per heavy atom. The fraction of sp³-hybridized carbons (Fsp3) is 0.538. The van der Waals surface area contributed by atoms with E-state index in [0.717, 1.165) is 0 Å². The van der Waals surface area contributed by atoms with Crippen molar-refractivity contribution in [2.75, 3.05) is 11.9 Å². The molecule has 0 spiro atoms. The topological polar surface area (TPSA) is 38.0 Å². The fourth-order valence-corrected chi connectivity index (χ4v) is 2.42. The van der Waals surface area contributed by atoms with Crippen molar-refractivity contribution in [1.29, 1.82) is 0 Å². The van der Waals surface area contributed by atoms with Crippen molar-refractivity contribution >= 4 is 5.69 Å². The van der Waals surface area contributed by atoms with Crippen molar-refractivity contribution in [3.8, 4) is 0 Å². The molecule has 3 N–H and O–H groups in total. The van der Waals surface area contributed by atoms with E-state index in [9.17, 15) is 13.2 Å². The van der Waals surface area contributed by atoms with E-state index in [2.05, 4.69) is 5.32 Å². The SMILES string of the molecule is CC(CN)C1CC(C(F)(F)F)c2ccccc2N1. The number of fused-ring (bicyclic) bond motifs is 1. The molecule has 18 heavy (non-hydrogen) atoms. The van der Waals surface area contributed by atoms with Crippen molar-refractivity contribution in [3.05, 3.63) is 29.8 Å². The summed E-state index contributed by atoms with van der Waals surface area (Å²) in [7, 11) is 0. The van der Waals surface area contributed by atoms with E-state index in [1.165, 1.54) is 0 Å². The number of halogens is 3. The number of nitrogens with two attached hydrogens (primary N) is 1. The van der Waals surface area contributed by atoms with E-state index in [4.69, 9.17) is 5.73 Å². The van der Waals surface area contributed by atoms with Crippen LogP contribution >= 0.6 is 0 Å². The summed E-state index contributed by atoms with van der Waals surface area (Å²) in [4.78, 5) is 0. The standard InChI is InChI=1S/C13H17F3N2/c1-8(7-17)12-6-10(13(14,15)16)9-4-2-3-5-11(9)18-12/h2-5,8,10,12,18H,6-7,17H2,1H3. The van der Waals surface area contributed by atoms with Crippen molar-refractivity contribution in [1.82, 2.24) is 0 Å². The number of alkyl halides is 3. The Morgan fingerprint density at radius 2 is 2.06 bits per heavy atom. The number of hydrogen-bond donors (Lipinski definition) is 2. The van der Waals surface area contributed by atoms with Crippen LogP contribution < -0.4 is 11.1 Å². The summed E-state index contributed by atoms with van der Waals surface area (Å²) in [6, 6.07) is 6.41. The lowest BCUT2D eigenvalue weighted by molar-refractivity contribution is -0.153. The minimum absolute atomic E-state index is 0.0169. The van der Waals surface area contributed by atoms with Crippen LogP contribution in [0.25, 0.3) is 0 Å². The first-order valence-corrected chi connectivity index (χ1v) is 6.05. The van der Waals surface area contributed by atoms with Crippen LogP contribution in [-0.2, 0) is 0 Å². The zero-order valence-corrected chi connectivity index (χ0v) is 10.2. The largest absolute Gasteiger partial charge is 0.395 e. The third-order valence-corrected chi connectivity index (χ3v) is 3.62. The predicted octanol–water partition coefficient (Wildman–Crippen LogP) is 3.11. The molecule has 1 aliphatic heterocycles. The van der Waals surface area contributed by atoms with Crippen molar-refractivity contribution < 1.29 is 13.2 Å². The van der Waals surface area contributed by atoms with E-state index in [1.54, 1.807) is 24.3 Å². The van der Waals surface area contributed by atoms with Gasteiger partial charge in [-0.1, -0.05) is 25.1 Å². The molecular formula is C13H17F3N2. The van der Waals surface area contributed by atoms with Gasteiger partial charge in [-0.3, -0.25) is 0 Å². The molecule has 0 fully saturated rings. The molecular weight excluding hydrogens is 241 g/mol. The molecule has 2 rings (SSSR count). The highest BCUT2D eigenvalue weighted by molar-refractivity contribution is 5.56. The van der Waals surface area contributed by atoms with Crippen molar-refractivity contribution in [3.63, 3.8) is 0 Å². The summed E-state index contributed by atoms with van der Waals surface area (Å²) in [5.41, 5.74) is 6.47. The van der Waals surface area contributed by atoms with E-state index in [1.807, 2.05) is 6.92 Å². The highest BCUT2D eigenvalue weighted by Gasteiger charge is 2.45. The van der Waals surface area contributed by atoms with Gasteiger partial charge in [0.2, 0.25) is 0 Å². The second-order valence-electron chi connectivity index (χ2n) is 4.88. The molecule has 5 heteroatoms. The van der Waals surface area contributed by atoms with E-state index in [-0.39, 0.29) is 18.4 Å². The van der Waals surface area contributed by atoms with Gasteiger partial charge in [0.15, 0.2) is 0 Å². The highest BCUT2D eigenvalue weighted by Crippen LogP contribution is 2.45. The molecule has 1 aliphatic rings. The number of rotatable bonds is 2. The van der Waals surface area contributed by atoms with Gasteiger partial charge in [0, 0.05) is 11.7 Å². The molecule has 1 aromatic carbocycles. The lowest BCUT2D eigenvalue weighted by atomic mass is 9.82. The molecule has 1 aromatic rings. The van der Waals surface area contributed by atoms with Crippen LogP contribution in [-0.4, -0.2) is 18.8 Å². The lowest BCUT2D eigenvalue weighted by Crippen LogP contribution is -2.40. The van der Waals surface area contributed by atoms with Crippen LogP contribution in [0.3, 0.4) is 0 Å². The van der Waals surface area contributed by atoms with Crippen molar-refractivity contribution in [2.45, 2.75) is 31.5 Å². The molecule has 100 valence electrons. The van der Waals surface area contributed by atoms with Crippen LogP contribution in [0.15, 0.2) is 24.3 Å². The van der Waals surface area contributed by atoms with Crippen molar-refractivity contribution in [2.24, 2.45) is 11.7 Å². The van der Waals surface area contributed by atoms with Gasteiger partial charge in [-0.15, -0.1) is 0 Å². The first-order valence-electron chi connectivity index (χ1n) is 6.05. The Hall–Kier alpha value is -1.23. The van der Waals surface area contributed by atoms with Crippen LogP contribution in [0.4, 0.5) is 18.9 Å². The molecule has 0 saturated heterocycles. The maximum absolute atomic E-state index is 13.1. The molecule has 2 nitrogen and oxygen atoms in total. The third kappa shape index (κ3) is 2.46. The Balaban J connectivity index is 2.35. The Morgan fingerprint density at radius 1 is 1.39 bits per heavy atom. The van der Waals surface area contributed by atoms with Gasteiger partial charge < -0.3 is 11.1 Å². The molecule has 0 amide bonds. The molecule has 1 heterocycles. The summed E-state index contributed by atoms with van der Waals surface area (Å²) in [5, 5.41) is 3.17. The Labute approximate surface area is 104 Å². The highest BCUT2D eigenvalue weighted by atomic mass is 19.4. The summed E-state index contributed by atoms with van der Waals surface area (Å²) in [6.07, 6.45) is -4.15. The van der Waals surface area contributed by atoms with Crippen LogP contribution in [0, 0.1) is 5.92 Å². The molecule has 0 radical (unpaired) electrons. The maximum atomic E-state index is 13.1. The fourth-order valence-electron chi connectivity index (χ4n) is 2.42. The summed E-state index contributed by atoms with van der Waals surface area (Å²) in [6.45, 7) is 2.25. The number of benzene rings is 1. The number of para-hydroxylation sites is 1. The summed E-state index contributed by atoms with van der Waals surface area (Å²) in [5.74, 6) is -1.38. The molecule has 0 saturated carbocycles. The van der Waals surface area contributed by atoms with Crippen LogP contribution in [0.2, 0.25) is 0 Å². The summed E-state index contributed by atoms with van der Waals surface area (Å²) < 4.78 is 39.3. The van der Waals surface area contributed by atoms with Gasteiger partial charge in [0.05, 0.1) is 5.92 Å². The number of hydrogen-bond acceptors (Lipinski definition) is 2. The second-order valence-corrected chi connectivity index (χ2v) is 4.88. The molecule has 0 aromatic heterocycles. The van der Waals surface area contributed by atoms with Gasteiger partial charge in [0.1, 0.15) is 0 Å². The van der Waals surface area contributed by atoms with E-state index < -0.39 is 12.1 Å².